The van der Waals surface area contributed by atoms with E-state index in [2.05, 4.69) is 22.9 Å². The maximum absolute atomic E-state index is 13.1. The van der Waals surface area contributed by atoms with Crippen LogP contribution in [0.25, 0.3) is 0 Å². The van der Waals surface area contributed by atoms with E-state index < -0.39 is 17.7 Å². The number of likely N-dealkylation sites (tertiary alicyclic amines) is 1. The molecule has 0 aliphatic carbocycles. The quantitative estimate of drug-likeness (QED) is 0.324. The van der Waals surface area contributed by atoms with Crippen molar-refractivity contribution in [2.75, 3.05) is 24.7 Å². The zero-order valence-corrected chi connectivity index (χ0v) is 18.2. The Balaban J connectivity index is 1.83. The number of nitrogens with zero attached hydrogens (tertiary/aromatic N) is 2. The Kier molecular flexibility index (Phi) is 6.69. The number of aromatic nitrogens is 1. The number of anilines is 2. The number of carbonyl (C=O) groups is 3. The number of hydrogen-bond donors (Lipinski definition) is 4. The molecular weight excluding hydrogens is 418 g/mol. The zero-order valence-electron chi connectivity index (χ0n) is 17.3. The first-order chi connectivity index (χ1) is 14.7. The van der Waals surface area contributed by atoms with Gasteiger partial charge in [-0.25, -0.2) is 4.98 Å². The Hall–Kier alpha value is -3.27. The normalized spacial score (nSPS) is 18.4. The molecular formula is C21H25N5O4S. The van der Waals surface area contributed by atoms with Crippen molar-refractivity contribution >= 4 is 41.7 Å². The molecule has 3 rings (SSSR count). The van der Waals surface area contributed by atoms with E-state index in [9.17, 15) is 14.4 Å². The third kappa shape index (κ3) is 4.91. The topological polar surface area (TPSA) is 141 Å². The van der Waals surface area contributed by atoms with Crippen LogP contribution in [0.2, 0.25) is 0 Å². The summed E-state index contributed by atoms with van der Waals surface area (Å²) in [5, 5.41) is 2.50. The molecule has 1 aliphatic heterocycles. The number of ether oxygens (including phenoxy) is 1. The van der Waals surface area contributed by atoms with Crippen molar-refractivity contribution in [3.63, 3.8) is 0 Å². The number of methoxy groups -OCH3 is 1. The predicted molar refractivity (Wildman–Crippen MR) is 119 cm³/mol. The van der Waals surface area contributed by atoms with Crippen LogP contribution in [0.5, 0.6) is 5.88 Å². The van der Waals surface area contributed by atoms with E-state index in [-0.39, 0.29) is 29.1 Å². The average Bonchev–Trinajstić information content (AvgIpc) is 2.75. The fourth-order valence-corrected chi connectivity index (χ4v) is 3.82. The van der Waals surface area contributed by atoms with Gasteiger partial charge in [-0.05, 0) is 42.5 Å². The molecule has 1 saturated heterocycles. The van der Waals surface area contributed by atoms with Gasteiger partial charge in [0, 0.05) is 17.1 Å². The van der Waals surface area contributed by atoms with Crippen molar-refractivity contribution in [3.8, 4) is 5.88 Å². The Morgan fingerprint density at radius 1 is 1.26 bits per heavy atom. The second-order valence-corrected chi connectivity index (χ2v) is 8.06. The van der Waals surface area contributed by atoms with Crippen LogP contribution < -0.4 is 21.5 Å². The lowest BCUT2D eigenvalue weighted by atomic mass is 9.89. The number of nitrogen functional groups attached to an aromatic ring is 1. The standard InChI is InChI=1S/C21H25N5O4S/c1-11-3-5-16(12-4-6-17(31)15(22)7-12)26(10-11)21(29)19(28)25-13-8-14(18(23)27)20(30-2)24-9-13/h4,6-9,11,16,31H,3,5,10,22H2,1-2H3,(H2,23,27)(H,25,28)/t11-,16+/m0/s1. The van der Waals surface area contributed by atoms with Gasteiger partial charge in [0.2, 0.25) is 5.88 Å². The monoisotopic (exact) mass is 443 g/mol. The van der Waals surface area contributed by atoms with Crippen molar-refractivity contribution in [3.05, 3.63) is 41.6 Å². The lowest BCUT2D eigenvalue weighted by Gasteiger charge is -2.38. The van der Waals surface area contributed by atoms with Gasteiger partial charge in [0.25, 0.3) is 5.91 Å². The third-order valence-corrected chi connectivity index (χ3v) is 5.68. The van der Waals surface area contributed by atoms with Gasteiger partial charge >= 0.3 is 11.8 Å². The molecule has 2 heterocycles. The minimum absolute atomic E-state index is 0.000426. The molecule has 0 saturated carbocycles. The molecule has 0 spiro atoms. The number of pyridine rings is 1. The number of benzene rings is 1. The fourth-order valence-electron chi connectivity index (χ4n) is 3.68. The summed E-state index contributed by atoms with van der Waals surface area (Å²) < 4.78 is 4.99. The summed E-state index contributed by atoms with van der Waals surface area (Å²) in [5.41, 5.74) is 12.8. The molecule has 2 aromatic rings. The Morgan fingerprint density at radius 2 is 2.00 bits per heavy atom. The van der Waals surface area contributed by atoms with Crippen LogP contribution in [0, 0.1) is 5.92 Å². The highest BCUT2D eigenvalue weighted by atomic mass is 32.1. The summed E-state index contributed by atoms with van der Waals surface area (Å²) in [6.07, 6.45) is 2.92. The predicted octanol–water partition coefficient (Wildman–Crippen LogP) is 2.00. The van der Waals surface area contributed by atoms with E-state index in [1.165, 1.54) is 19.4 Å². The van der Waals surface area contributed by atoms with Crippen LogP contribution in [0.3, 0.4) is 0 Å². The number of amides is 3. The van der Waals surface area contributed by atoms with Gasteiger partial charge in [-0.3, -0.25) is 14.4 Å². The molecule has 1 aromatic heterocycles. The van der Waals surface area contributed by atoms with Crippen molar-refractivity contribution in [1.82, 2.24) is 9.88 Å². The largest absolute Gasteiger partial charge is 0.480 e. The van der Waals surface area contributed by atoms with E-state index in [0.717, 1.165) is 12.0 Å². The Morgan fingerprint density at radius 3 is 2.65 bits per heavy atom. The summed E-state index contributed by atoms with van der Waals surface area (Å²) in [7, 11) is 1.35. The SMILES string of the molecule is COc1ncc(NC(=O)C(=O)N2C[C@@H](C)CC[C@@H]2c2ccc(S)c(N)c2)cc1C(N)=O. The van der Waals surface area contributed by atoms with Crippen LogP contribution in [-0.4, -0.2) is 41.3 Å². The number of nitrogens with two attached hydrogens (primary N) is 2. The highest BCUT2D eigenvalue weighted by Gasteiger charge is 2.34. The first kappa shape index (κ1) is 22.4. The molecule has 0 unspecified atom stereocenters. The summed E-state index contributed by atoms with van der Waals surface area (Å²) in [5.74, 6) is -1.99. The number of thiol groups is 1. The maximum atomic E-state index is 13.1. The first-order valence-electron chi connectivity index (χ1n) is 9.75. The molecule has 164 valence electrons. The fraction of sp³-hybridized carbons (Fsp3) is 0.333. The minimum atomic E-state index is -0.833. The van der Waals surface area contributed by atoms with Gasteiger partial charge in [0.15, 0.2) is 0 Å². The number of hydrogen-bond acceptors (Lipinski definition) is 7. The Bertz CT molecular complexity index is 1030. The average molecular weight is 444 g/mol. The summed E-state index contributed by atoms with van der Waals surface area (Å²) in [4.78, 5) is 43.5. The molecule has 0 bridgehead atoms. The lowest BCUT2D eigenvalue weighted by Crippen LogP contribution is -2.46. The molecule has 3 amide bonds. The maximum Gasteiger partial charge on any atom is 0.313 e. The molecule has 1 aromatic carbocycles. The van der Waals surface area contributed by atoms with E-state index in [1.54, 1.807) is 17.0 Å². The molecule has 1 fully saturated rings. The van der Waals surface area contributed by atoms with Gasteiger partial charge in [-0.1, -0.05) is 13.0 Å². The number of rotatable bonds is 4. The Labute approximate surface area is 185 Å². The second-order valence-electron chi connectivity index (χ2n) is 7.57. The highest BCUT2D eigenvalue weighted by molar-refractivity contribution is 7.80. The van der Waals surface area contributed by atoms with E-state index in [1.807, 2.05) is 13.0 Å². The van der Waals surface area contributed by atoms with Crippen molar-refractivity contribution in [2.45, 2.75) is 30.7 Å². The molecule has 2 atom stereocenters. The summed E-state index contributed by atoms with van der Waals surface area (Å²) in [6.45, 7) is 2.47. The number of primary amides is 1. The second kappa shape index (κ2) is 9.25. The van der Waals surface area contributed by atoms with Gasteiger partial charge < -0.3 is 26.4 Å². The first-order valence-corrected chi connectivity index (χ1v) is 10.2. The molecule has 10 heteroatoms. The molecule has 0 radical (unpaired) electrons. The summed E-state index contributed by atoms with van der Waals surface area (Å²) in [6, 6.07) is 6.48. The van der Waals surface area contributed by atoms with Gasteiger partial charge in [0.1, 0.15) is 5.56 Å². The molecule has 5 N–H and O–H groups in total. The van der Waals surface area contributed by atoms with E-state index >= 15 is 0 Å². The zero-order chi connectivity index (χ0) is 22.7. The van der Waals surface area contributed by atoms with E-state index in [4.69, 9.17) is 16.2 Å². The molecule has 31 heavy (non-hydrogen) atoms. The summed E-state index contributed by atoms with van der Waals surface area (Å²) >= 11 is 4.29. The van der Waals surface area contributed by atoms with Crippen molar-refractivity contribution < 1.29 is 19.1 Å². The van der Waals surface area contributed by atoms with Gasteiger partial charge in [-0.15, -0.1) is 12.6 Å². The van der Waals surface area contributed by atoms with Crippen molar-refractivity contribution in [1.29, 1.82) is 0 Å². The van der Waals surface area contributed by atoms with Gasteiger partial charge in [-0.2, -0.15) is 0 Å². The van der Waals surface area contributed by atoms with Crippen LogP contribution in [-0.2, 0) is 9.59 Å². The van der Waals surface area contributed by atoms with Crippen LogP contribution in [0.15, 0.2) is 35.4 Å². The van der Waals surface area contributed by atoms with Crippen LogP contribution >= 0.6 is 12.6 Å². The van der Waals surface area contributed by atoms with Crippen molar-refractivity contribution in [2.24, 2.45) is 11.7 Å². The smallest absolute Gasteiger partial charge is 0.313 e. The number of piperidine rings is 1. The third-order valence-electron chi connectivity index (χ3n) is 5.28. The highest BCUT2D eigenvalue weighted by Crippen LogP contribution is 2.35. The lowest BCUT2D eigenvalue weighted by molar-refractivity contribution is -0.146. The minimum Gasteiger partial charge on any atom is -0.480 e. The number of carbonyl (C=O) groups excluding carboxylic acids is 3. The molecule has 1 aliphatic rings. The van der Waals surface area contributed by atoms with Crippen LogP contribution in [0.4, 0.5) is 11.4 Å². The van der Waals surface area contributed by atoms with Gasteiger partial charge in [0.05, 0.1) is 25.0 Å². The molecule has 9 nitrogen and oxygen atoms in total. The van der Waals surface area contributed by atoms with Crippen LogP contribution in [0.1, 0.15) is 41.7 Å². The van der Waals surface area contributed by atoms with E-state index in [0.29, 0.717) is 23.5 Å². The number of nitrogens with one attached hydrogen (secondary N) is 1.